The third kappa shape index (κ3) is 6.31. The van der Waals surface area contributed by atoms with E-state index in [1.807, 2.05) is 5.32 Å². The molecule has 1 rings (SSSR count). The first-order valence-corrected chi connectivity index (χ1v) is 5.87. The monoisotopic (exact) mass is 330 g/mol. The Labute approximate surface area is 121 Å². The molecule has 1 amide bonds. The van der Waals surface area contributed by atoms with Crippen LogP contribution in [0.3, 0.4) is 0 Å². The minimum absolute atomic E-state index is 0.112. The number of ether oxygens (including phenoxy) is 1. The summed E-state index contributed by atoms with van der Waals surface area (Å²) in [5.74, 6) is -1.01. The van der Waals surface area contributed by atoms with Crippen LogP contribution in [0.5, 0.6) is 0 Å². The van der Waals surface area contributed by atoms with Gasteiger partial charge in [-0.2, -0.15) is 26.3 Å². The highest BCUT2D eigenvalue weighted by Gasteiger charge is 2.31. The molecule has 0 saturated heterocycles. The van der Waals surface area contributed by atoms with Crippen molar-refractivity contribution in [2.24, 2.45) is 5.73 Å². The van der Waals surface area contributed by atoms with Gasteiger partial charge in [0, 0.05) is 12.2 Å². The summed E-state index contributed by atoms with van der Waals surface area (Å²) in [7, 11) is 0. The molecule has 0 unspecified atom stereocenters. The summed E-state index contributed by atoms with van der Waals surface area (Å²) in [6.07, 6.45) is -9.24. The lowest BCUT2D eigenvalue weighted by Crippen LogP contribution is -2.24. The molecular formula is C12H12F6N2O2. The van der Waals surface area contributed by atoms with E-state index in [0.717, 1.165) is 6.07 Å². The Kier molecular flexibility index (Phi) is 5.78. The molecule has 1 aromatic rings. The Bertz CT molecular complexity index is 527. The van der Waals surface area contributed by atoms with E-state index in [1.165, 1.54) is 6.07 Å². The lowest BCUT2D eigenvalue weighted by Gasteiger charge is -2.13. The largest absolute Gasteiger partial charge is 0.416 e. The molecule has 0 spiro atoms. The molecule has 4 nitrogen and oxygen atoms in total. The average Bonchev–Trinajstić information content (AvgIpc) is 2.35. The quantitative estimate of drug-likeness (QED) is 0.816. The van der Waals surface area contributed by atoms with Crippen LogP contribution >= 0.6 is 0 Å². The Morgan fingerprint density at radius 1 is 1.14 bits per heavy atom. The van der Waals surface area contributed by atoms with Crippen LogP contribution in [-0.2, 0) is 22.3 Å². The second-order valence-electron chi connectivity index (χ2n) is 4.28. The van der Waals surface area contributed by atoms with Crippen LogP contribution in [0.2, 0.25) is 0 Å². The van der Waals surface area contributed by atoms with Gasteiger partial charge in [0.2, 0.25) is 5.91 Å². The number of rotatable bonds is 5. The standard InChI is InChI=1S/C12H12F6N2O2/c13-11(14,15)6-22-5-10(21)20-9-2-7(4-19)1-8(3-9)12(16,17)18/h1-3H,4-6,19H2,(H,20,21). The summed E-state index contributed by atoms with van der Waals surface area (Å²) in [5, 5.41) is 2.03. The fraction of sp³-hybridized carbons (Fsp3) is 0.417. The molecular weight excluding hydrogens is 318 g/mol. The van der Waals surface area contributed by atoms with Gasteiger partial charge in [-0.25, -0.2) is 0 Å². The minimum Gasteiger partial charge on any atom is -0.362 e. The van der Waals surface area contributed by atoms with Gasteiger partial charge >= 0.3 is 12.4 Å². The molecule has 0 aliphatic rings. The van der Waals surface area contributed by atoms with E-state index < -0.39 is 37.0 Å². The van der Waals surface area contributed by atoms with Crippen LogP contribution in [0.1, 0.15) is 11.1 Å². The summed E-state index contributed by atoms with van der Waals surface area (Å²) >= 11 is 0. The van der Waals surface area contributed by atoms with Crippen molar-refractivity contribution in [1.82, 2.24) is 0 Å². The Balaban J connectivity index is 2.74. The predicted octanol–water partition coefficient (Wildman–Crippen LogP) is 2.68. The summed E-state index contributed by atoms with van der Waals surface area (Å²) < 4.78 is 77.5. The minimum atomic E-state index is -4.64. The van der Waals surface area contributed by atoms with Crippen LogP contribution < -0.4 is 11.1 Å². The van der Waals surface area contributed by atoms with E-state index in [-0.39, 0.29) is 17.8 Å². The van der Waals surface area contributed by atoms with E-state index in [2.05, 4.69) is 4.74 Å². The predicted molar refractivity (Wildman–Crippen MR) is 64.8 cm³/mol. The fourth-order valence-corrected chi connectivity index (χ4v) is 1.50. The number of amides is 1. The first-order chi connectivity index (χ1) is 10.0. The van der Waals surface area contributed by atoms with Gasteiger partial charge in [0.25, 0.3) is 0 Å². The highest BCUT2D eigenvalue weighted by atomic mass is 19.4. The number of hydrogen-bond acceptors (Lipinski definition) is 3. The molecule has 0 aliphatic carbocycles. The van der Waals surface area contributed by atoms with Crippen molar-refractivity contribution in [3.8, 4) is 0 Å². The number of anilines is 1. The highest BCUT2D eigenvalue weighted by Crippen LogP contribution is 2.32. The number of hydrogen-bond donors (Lipinski definition) is 2. The highest BCUT2D eigenvalue weighted by molar-refractivity contribution is 5.91. The first-order valence-electron chi connectivity index (χ1n) is 5.87. The Morgan fingerprint density at radius 3 is 2.27 bits per heavy atom. The van der Waals surface area contributed by atoms with Gasteiger partial charge < -0.3 is 15.8 Å². The smallest absolute Gasteiger partial charge is 0.362 e. The zero-order valence-corrected chi connectivity index (χ0v) is 11.0. The summed E-state index contributed by atoms with van der Waals surface area (Å²) in [6, 6.07) is 2.66. The van der Waals surface area contributed by atoms with E-state index >= 15 is 0 Å². The molecule has 0 saturated carbocycles. The summed E-state index contributed by atoms with van der Waals surface area (Å²) in [6.45, 7) is -2.76. The van der Waals surface area contributed by atoms with Crippen molar-refractivity contribution in [2.75, 3.05) is 18.5 Å². The number of nitrogens with two attached hydrogens (primary N) is 1. The van der Waals surface area contributed by atoms with Gasteiger partial charge in [-0.15, -0.1) is 0 Å². The zero-order chi connectivity index (χ0) is 17.0. The van der Waals surface area contributed by atoms with Crippen LogP contribution in [0.15, 0.2) is 18.2 Å². The molecule has 10 heteroatoms. The molecule has 0 heterocycles. The van der Waals surface area contributed by atoms with Crippen molar-refractivity contribution in [1.29, 1.82) is 0 Å². The second kappa shape index (κ2) is 6.97. The van der Waals surface area contributed by atoms with Crippen molar-refractivity contribution in [3.05, 3.63) is 29.3 Å². The molecule has 0 aromatic heterocycles. The van der Waals surface area contributed by atoms with Gasteiger partial charge in [-0.05, 0) is 23.8 Å². The average molecular weight is 330 g/mol. The fourth-order valence-electron chi connectivity index (χ4n) is 1.50. The first kappa shape index (κ1) is 18.2. The molecule has 3 N–H and O–H groups in total. The SMILES string of the molecule is NCc1cc(NC(=O)COCC(F)(F)F)cc(C(F)(F)F)c1. The molecule has 124 valence electrons. The topological polar surface area (TPSA) is 64.3 Å². The van der Waals surface area contributed by atoms with Crippen LogP contribution in [-0.4, -0.2) is 25.3 Å². The number of carbonyl (C=O) groups is 1. The van der Waals surface area contributed by atoms with E-state index in [9.17, 15) is 31.1 Å². The van der Waals surface area contributed by atoms with Gasteiger partial charge in [0.1, 0.15) is 13.2 Å². The number of carbonyl (C=O) groups excluding carboxylic acids is 1. The third-order valence-corrected chi connectivity index (χ3v) is 2.34. The van der Waals surface area contributed by atoms with Gasteiger partial charge in [-0.1, -0.05) is 0 Å². The van der Waals surface area contributed by atoms with E-state index in [0.29, 0.717) is 6.07 Å². The van der Waals surface area contributed by atoms with E-state index in [4.69, 9.17) is 5.73 Å². The normalized spacial score (nSPS) is 12.3. The van der Waals surface area contributed by atoms with Crippen LogP contribution in [0, 0.1) is 0 Å². The zero-order valence-electron chi connectivity index (χ0n) is 11.0. The van der Waals surface area contributed by atoms with Crippen molar-refractivity contribution in [3.63, 3.8) is 0 Å². The molecule has 0 atom stereocenters. The molecule has 1 aromatic carbocycles. The second-order valence-corrected chi connectivity index (χ2v) is 4.28. The van der Waals surface area contributed by atoms with Crippen molar-refractivity contribution in [2.45, 2.75) is 18.9 Å². The van der Waals surface area contributed by atoms with Crippen molar-refractivity contribution < 1.29 is 35.9 Å². The third-order valence-electron chi connectivity index (χ3n) is 2.34. The molecule has 0 radical (unpaired) electrons. The lowest BCUT2D eigenvalue weighted by molar-refractivity contribution is -0.174. The summed E-state index contributed by atoms with van der Waals surface area (Å²) in [5.41, 5.74) is 4.12. The Hall–Kier alpha value is -1.81. The van der Waals surface area contributed by atoms with Crippen LogP contribution in [0.4, 0.5) is 32.0 Å². The summed E-state index contributed by atoms with van der Waals surface area (Å²) in [4.78, 5) is 11.3. The van der Waals surface area contributed by atoms with Gasteiger partial charge in [-0.3, -0.25) is 4.79 Å². The number of halogens is 6. The Morgan fingerprint density at radius 2 is 1.77 bits per heavy atom. The number of nitrogens with one attached hydrogen (secondary N) is 1. The van der Waals surface area contributed by atoms with Crippen molar-refractivity contribution >= 4 is 11.6 Å². The molecule has 22 heavy (non-hydrogen) atoms. The van der Waals surface area contributed by atoms with Crippen LogP contribution in [0.25, 0.3) is 0 Å². The maximum absolute atomic E-state index is 12.7. The molecule has 0 fully saturated rings. The number of benzene rings is 1. The number of alkyl halides is 6. The maximum atomic E-state index is 12.7. The lowest BCUT2D eigenvalue weighted by atomic mass is 10.1. The van der Waals surface area contributed by atoms with Gasteiger partial charge in [0.15, 0.2) is 0 Å². The van der Waals surface area contributed by atoms with Gasteiger partial charge in [0.05, 0.1) is 5.56 Å². The maximum Gasteiger partial charge on any atom is 0.416 e. The molecule has 0 aliphatic heterocycles. The molecule has 0 bridgehead atoms. The van der Waals surface area contributed by atoms with E-state index in [1.54, 1.807) is 0 Å².